The molecule has 0 unspecified atom stereocenters. The molecule has 2 amide bonds. The summed E-state index contributed by atoms with van der Waals surface area (Å²) in [5.74, 6) is -1.09. The van der Waals surface area contributed by atoms with Crippen LogP contribution in [-0.2, 0) is 11.3 Å². The lowest BCUT2D eigenvalue weighted by Crippen LogP contribution is -2.20. The zero-order chi connectivity index (χ0) is 20.6. The molecule has 0 radical (unpaired) electrons. The molecule has 3 aromatic rings. The van der Waals surface area contributed by atoms with E-state index in [1.807, 2.05) is 30.3 Å². The lowest BCUT2D eigenvalue weighted by Gasteiger charge is -2.09. The first kappa shape index (κ1) is 19.8. The van der Waals surface area contributed by atoms with Crippen molar-refractivity contribution < 1.29 is 14.0 Å². The minimum atomic E-state index is -0.484. The zero-order valence-corrected chi connectivity index (χ0v) is 15.6. The van der Waals surface area contributed by atoms with E-state index in [-0.39, 0.29) is 17.3 Å². The summed E-state index contributed by atoms with van der Waals surface area (Å²) in [5.41, 5.74) is 8.42. The fourth-order valence-electron chi connectivity index (χ4n) is 2.59. The van der Waals surface area contributed by atoms with Crippen LogP contribution in [0.3, 0.4) is 0 Å². The maximum absolute atomic E-state index is 13.3. The normalized spacial score (nSPS) is 10.7. The van der Waals surface area contributed by atoms with Crippen LogP contribution in [0.1, 0.15) is 21.5 Å². The zero-order valence-electron chi connectivity index (χ0n) is 15.6. The van der Waals surface area contributed by atoms with E-state index in [2.05, 4.69) is 10.6 Å². The molecule has 0 atom stereocenters. The number of carbonyl (C=O) groups excluding carboxylic acids is 2. The van der Waals surface area contributed by atoms with E-state index in [9.17, 15) is 14.0 Å². The molecule has 0 heterocycles. The van der Waals surface area contributed by atoms with Gasteiger partial charge in [0, 0.05) is 18.2 Å². The minimum Gasteiger partial charge on any atom is -0.397 e. The van der Waals surface area contributed by atoms with E-state index < -0.39 is 11.7 Å². The van der Waals surface area contributed by atoms with Crippen molar-refractivity contribution in [2.24, 2.45) is 0 Å². The lowest BCUT2D eigenvalue weighted by molar-refractivity contribution is -0.116. The summed E-state index contributed by atoms with van der Waals surface area (Å²) in [7, 11) is 0. The summed E-state index contributed by atoms with van der Waals surface area (Å²) in [5, 5.41) is 5.37. The van der Waals surface area contributed by atoms with Crippen molar-refractivity contribution >= 4 is 29.3 Å². The first-order valence-electron chi connectivity index (χ1n) is 8.97. The van der Waals surface area contributed by atoms with Crippen molar-refractivity contribution in [1.29, 1.82) is 0 Å². The number of nitrogens with two attached hydrogens (primary N) is 1. The quantitative estimate of drug-likeness (QED) is 0.440. The van der Waals surface area contributed by atoms with Gasteiger partial charge in [-0.2, -0.15) is 0 Å². The average Bonchev–Trinajstić information content (AvgIpc) is 2.74. The Balaban J connectivity index is 1.54. The predicted molar refractivity (Wildman–Crippen MR) is 113 cm³/mol. The summed E-state index contributed by atoms with van der Waals surface area (Å²) >= 11 is 0. The Labute approximate surface area is 168 Å². The van der Waals surface area contributed by atoms with Gasteiger partial charge in [-0.05, 0) is 47.5 Å². The van der Waals surface area contributed by atoms with Crippen LogP contribution in [-0.4, -0.2) is 11.8 Å². The van der Waals surface area contributed by atoms with E-state index in [0.29, 0.717) is 12.1 Å². The number of anilines is 2. The third-order valence-corrected chi connectivity index (χ3v) is 4.17. The third kappa shape index (κ3) is 5.77. The Kier molecular flexibility index (Phi) is 6.37. The molecule has 0 aliphatic heterocycles. The second kappa shape index (κ2) is 9.32. The fraction of sp³-hybridized carbons (Fsp3) is 0.0435. The Morgan fingerprint density at radius 3 is 2.41 bits per heavy atom. The molecule has 3 aromatic carbocycles. The fourth-order valence-corrected chi connectivity index (χ4v) is 2.59. The molecule has 0 fully saturated rings. The van der Waals surface area contributed by atoms with E-state index in [0.717, 1.165) is 11.1 Å². The highest BCUT2D eigenvalue weighted by atomic mass is 19.1. The Hall–Kier alpha value is -3.93. The predicted octanol–water partition coefficient (Wildman–Crippen LogP) is 3.99. The van der Waals surface area contributed by atoms with Gasteiger partial charge in [0.25, 0.3) is 5.91 Å². The van der Waals surface area contributed by atoms with Gasteiger partial charge in [0.1, 0.15) is 5.82 Å². The number of carbonyl (C=O) groups is 2. The first-order valence-corrected chi connectivity index (χ1v) is 8.97. The summed E-state index contributed by atoms with van der Waals surface area (Å²) in [4.78, 5) is 24.2. The molecule has 0 aromatic heterocycles. The van der Waals surface area contributed by atoms with E-state index in [1.54, 1.807) is 30.3 Å². The summed E-state index contributed by atoms with van der Waals surface area (Å²) < 4.78 is 13.3. The maximum atomic E-state index is 13.3. The molecule has 29 heavy (non-hydrogen) atoms. The maximum Gasteiger partial charge on any atom is 0.255 e. The first-order chi connectivity index (χ1) is 14.0. The van der Waals surface area contributed by atoms with E-state index in [1.165, 1.54) is 24.3 Å². The topological polar surface area (TPSA) is 84.2 Å². The van der Waals surface area contributed by atoms with Crippen LogP contribution >= 0.6 is 0 Å². The molecule has 6 heteroatoms. The SMILES string of the molecule is Nc1ccc(F)cc1NC(=O)c1ccc(CNC(=O)/C=C/c2ccccc2)cc1. The van der Waals surface area contributed by atoms with Crippen molar-refractivity contribution in [3.63, 3.8) is 0 Å². The largest absolute Gasteiger partial charge is 0.397 e. The second-order valence-electron chi connectivity index (χ2n) is 6.34. The van der Waals surface area contributed by atoms with Crippen LogP contribution in [0.25, 0.3) is 6.08 Å². The number of benzene rings is 3. The number of hydrogen-bond acceptors (Lipinski definition) is 3. The van der Waals surface area contributed by atoms with Crippen molar-refractivity contribution in [2.45, 2.75) is 6.54 Å². The number of nitrogen functional groups attached to an aromatic ring is 1. The smallest absolute Gasteiger partial charge is 0.255 e. The van der Waals surface area contributed by atoms with Crippen molar-refractivity contribution in [2.75, 3.05) is 11.1 Å². The van der Waals surface area contributed by atoms with Crippen LogP contribution in [0, 0.1) is 5.82 Å². The standard InChI is InChI=1S/C23H20FN3O2/c24-19-11-12-20(25)21(14-19)27-23(29)18-9-6-17(7-10-18)15-26-22(28)13-8-16-4-2-1-3-5-16/h1-14H,15,25H2,(H,26,28)(H,27,29)/b13-8+. The summed E-state index contributed by atoms with van der Waals surface area (Å²) in [6.07, 6.45) is 3.21. The summed E-state index contributed by atoms with van der Waals surface area (Å²) in [6, 6.07) is 20.1. The monoisotopic (exact) mass is 389 g/mol. The number of rotatable bonds is 6. The van der Waals surface area contributed by atoms with E-state index >= 15 is 0 Å². The van der Waals surface area contributed by atoms with Gasteiger partial charge in [-0.1, -0.05) is 42.5 Å². The molecule has 0 aliphatic rings. The van der Waals surface area contributed by atoms with Gasteiger partial charge < -0.3 is 16.4 Å². The highest BCUT2D eigenvalue weighted by molar-refractivity contribution is 6.05. The number of hydrogen-bond donors (Lipinski definition) is 3. The summed E-state index contributed by atoms with van der Waals surface area (Å²) in [6.45, 7) is 0.330. The number of amides is 2. The van der Waals surface area contributed by atoms with Gasteiger partial charge in [0.15, 0.2) is 0 Å². The third-order valence-electron chi connectivity index (χ3n) is 4.17. The van der Waals surface area contributed by atoms with Gasteiger partial charge in [0.05, 0.1) is 11.4 Å². The Morgan fingerprint density at radius 1 is 0.966 bits per heavy atom. The van der Waals surface area contributed by atoms with Crippen LogP contribution in [0.4, 0.5) is 15.8 Å². The molecule has 0 bridgehead atoms. The van der Waals surface area contributed by atoms with Gasteiger partial charge in [-0.3, -0.25) is 9.59 Å². The second-order valence-corrected chi connectivity index (χ2v) is 6.34. The average molecular weight is 389 g/mol. The molecular formula is C23H20FN3O2. The van der Waals surface area contributed by atoms with Gasteiger partial charge >= 0.3 is 0 Å². The highest BCUT2D eigenvalue weighted by Crippen LogP contribution is 2.20. The van der Waals surface area contributed by atoms with Gasteiger partial charge in [0.2, 0.25) is 5.91 Å². The molecule has 0 aliphatic carbocycles. The van der Waals surface area contributed by atoms with Crippen LogP contribution in [0.2, 0.25) is 0 Å². The lowest BCUT2D eigenvalue weighted by atomic mass is 10.1. The van der Waals surface area contributed by atoms with Crippen molar-refractivity contribution in [3.8, 4) is 0 Å². The molecule has 0 saturated carbocycles. The van der Waals surface area contributed by atoms with E-state index in [4.69, 9.17) is 5.73 Å². The van der Waals surface area contributed by atoms with Crippen LogP contribution < -0.4 is 16.4 Å². The molecule has 3 rings (SSSR count). The Morgan fingerprint density at radius 2 is 1.69 bits per heavy atom. The number of nitrogens with one attached hydrogen (secondary N) is 2. The molecule has 0 spiro atoms. The van der Waals surface area contributed by atoms with Crippen molar-refractivity contribution in [3.05, 3.63) is 101 Å². The highest BCUT2D eigenvalue weighted by Gasteiger charge is 2.09. The Bertz CT molecular complexity index is 1030. The molecule has 0 saturated heterocycles. The molecule has 4 N–H and O–H groups in total. The van der Waals surface area contributed by atoms with Crippen LogP contribution in [0.15, 0.2) is 78.9 Å². The van der Waals surface area contributed by atoms with Gasteiger partial charge in [-0.15, -0.1) is 0 Å². The molecule has 146 valence electrons. The van der Waals surface area contributed by atoms with Crippen molar-refractivity contribution in [1.82, 2.24) is 5.32 Å². The van der Waals surface area contributed by atoms with Gasteiger partial charge in [-0.25, -0.2) is 4.39 Å². The van der Waals surface area contributed by atoms with Crippen LogP contribution in [0.5, 0.6) is 0 Å². The molecular weight excluding hydrogens is 369 g/mol. The number of halogens is 1. The minimum absolute atomic E-state index is 0.211. The molecule has 5 nitrogen and oxygen atoms in total.